The number of ether oxygens (including phenoxy) is 1. The number of carbonyl (C=O) groups excluding carboxylic acids is 2. The minimum Gasteiger partial charge on any atom is -0.433 e. The van der Waals surface area contributed by atoms with Gasteiger partial charge in [0.15, 0.2) is 11.9 Å². The summed E-state index contributed by atoms with van der Waals surface area (Å²) in [5, 5.41) is 46.9. The first-order chi connectivity index (χ1) is 23.6. The van der Waals surface area contributed by atoms with Crippen LogP contribution in [0, 0.1) is 0 Å². The number of guanidine groups is 2. The first kappa shape index (κ1) is 41.9. The van der Waals surface area contributed by atoms with Crippen molar-refractivity contribution in [3.63, 3.8) is 0 Å². The summed E-state index contributed by atoms with van der Waals surface area (Å²) in [7, 11) is -3.35. The van der Waals surface area contributed by atoms with E-state index in [1.54, 1.807) is 36.9 Å². The molecule has 1 aliphatic rings. The Morgan fingerprint density at radius 1 is 0.939 bits per heavy atom. The van der Waals surface area contributed by atoms with Crippen LogP contribution < -0.4 is 10.5 Å². The Labute approximate surface area is 294 Å². The van der Waals surface area contributed by atoms with Crippen molar-refractivity contribution in [3.8, 4) is 0 Å². The van der Waals surface area contributed by atoms with Crippen LogP contribution in [0.15, 0.2) is 39.1 Å². The zero-order chi connectivity index (χ0) is 36.0. The molecule has 0 saturated carbocycles. The molecule has 0 bridgehead atoms. The third kappa shape index (κ3) is 15.9. The van der Waals surface area contributed by atoms with Gasteiger partial charge in [-0.25, -0.2) is 0 Å². The first-order valence-corrected chi connectivity index (χ1v) is 17.3. The zero-order valence-electron chi connectivity index (χ0n) is 29.6. The van der Waals surface area contributed by atoms with Crippen molar-refractivity contribution >= 4 is 73.2 Å². The van der Waals surface area contributed by atoms with E-state index in [0.717, 1.165) is 68.6 Å². The van der Waals surface area contributed by atoms with Crippen LogP contribution in [0.4, 0.5) is 0 Å². The van der Waals surface area contributed by atoms with E-state index in [1.165, 1.54) is 0 Å². The Morgan fingerprint density at radius 2 is 1.57 bits per heavy atom. The van der Waals surface area contributed by atoms with Crippen molar-refractivity contribution in [1.82, 2.24) is 25.0 Å². The highest BCUT2D eigenvalue weighted by Crippen LogP contribution is 2.15. The average molecular weight is 678 g/mol. The number of carbonyl (C=O) groups is 2. The van der Waals surface area contributed by atoms with Crippen LogP contribution in [0.2, 0.25) is 27.3 Å². The van der Waals surface area contributed by atoms with Gasteiger partial charge in [-0.2, -0.15) is 0 Å². The number of hydrogen-bond donors (Lipinski definition) is 6. The summed E-state index contributed by atoms with van der Waals surface area (Å²) in [5.74, 6) is 1.51. The first-order valence-electron chi connectivity index (χ1n) is 17.3. The molecule has 1 aromatic carbocycles. The highest BCUT2D eigenvalue weighted by atomic mass is 16.5. The van der Waals surface area contributed by atoms with E-state index in [4.69, 9.17) is 4.74 Å². The Balaban J connectivity index is 1.88. The standard InChI is InChI=1S/C28H52B6N8O7/c1-31(45)39-27(37-29-22-43)36-15-8-6-5-7-9-17-41(33(3)47)28(38-30-23-44)42(34(4)48)19-20-49-21-24-11-13-25(14-12-24)26-35-16-10-18-40(26)32(2)46/h11-14,22-23,29-30,45-48H,5-10,15-21H2,1-4H3,(H2,36,37,39)/b38-28-. The molecule has 6 N–H and O–H groups in total. The maximum atomic E-state index is 11.3. The molecule has 1 aromatic rings. The van der Waals surface area contributed by atoms with E-state index in [-0.39, 0.29) is 28.0 Å². The monoisotopic (exact) mass is 678 g/mol. The van der Waals surface area contributed by atoms with Crippen LogP contribution >= 0.6 is 0 Å². The fourth-order valence-electron chi connectivity index (χ4n) is 5.34. The molecule has 2 rings (SSSR count). The average Bonchev–Trinajstić information content (AvgIpc) is 3.07. The van der Waals surface area contributed by atoms with E-state index in [2.05, 4.69) is 25.3 Å². The van der Waals surface area contributed by atoms with Gasteiger partial charge in [0, 0.05) is 38.3 Å². The lowest BCUT2D eigenvalue weighted by Crippen LogP contribution is -2.56. The van der Waals surface area contributed by atoms with Gasteiger partial charge in [0.05, 0.1) is 13.2 Å². The number of aliphatic imine (C=N–C) groups is 1. The summed E-state index contributed by atoms with van der Waals surface area (Å²) in [6.45, 7) is 10.1. The smallest absolute Gasteiger partial charge is 0.411 e. The van der Waals surface area contributed by atoms with E-state index in [1.807, 2.05) is 29.1 Å². The Bertz CT molecular complexity index is 1200. The number of benzene rings is 1. The van der Waals surface area contributed by atoms with Gasteiger partial charge in [-0.15, -0.1) is 0 Å². The van der Waals surface area contributed by atoms with Gasteiger partial charge in [-0.1, -0.05) is 43.5 Å². The number of nitrogens with zero attached hydrogens (tertiary/aromatic N) is 6. The second-order valence-corrected chi connectivity index (χ2v) is 12.0. The Hall–Kier alpha value is -3.24. The molecular weight excluding hydrogens is 625 g/mol. The lowest BCUT2D eigenvalue weighted by molar-refractivity contribution is 0.114. The van der Waals surface area contributed by atoms with E-state index in [0.29, 0.717) is 44.0 Å². The third-order valence-corrected chi connectivity index (χ3v) is 7.76. The molecule has 0 fully saturated rings. The quantitative estimate of drug-likeness (QED) is 0.0278. The number of rotatable bonds is 22. The molecule has 0 unspecified atom stereocenters. The SMILES string of the molecule is CB(O)N/C(=N/BC=O)NCCCCCCCN(B(C)O)/C(=N/BC=O)N(CCOCc1ccc(C2=NCCCN2B(C)O)cc1)B(C)O. The summed E-state index contributed by atoms with van der Waals surface area (Å²) in [5.41, 5.74) is 1.90. The van der Waals surface area contributed by atoms with Crippen molar-refractivity contribution in [2.45, 2.75) is 72.4 Å². The molecule has 49 heavy (non-hydrogen) atoms. The Morgan fingerprint density at radius 3 is 2.20 bits per heavy atom. The molecule has 15 nitrogen and oxygen atoms in total. The van der Waals surface area contributed by atoms with E-state index in [9.17, 15) is 29.7 Å². The van der Waals surface area contributed by atoms with Gasteiger partial charge in [0.25, 0.3) is 0 Å². The molecule has 0 aliphatic carbocycles. The van der Waals surface area contributed by atoms with Gasteiger partial charge in [0.1, 0.15) is 18.2 Å². The summed E-state index contributed by atoms with van der Waals surface area (Å²) in [6.07, 6.45) is 6.69. The van der Waals surface area contributed by atoms with Crippen LogP contribution in [0.5, 0.6) is 0 Å². The zero-order valence-corrected chi connectivity index (χ0v) is 29.6. The van der Waals surface area contributed by atoms with Gasteiger partial charge in [0.2, 0.25) is 0 Å². The van der Waals surface area contributed by atoms with Gasteiger partial charge in [-0.3, -0.25) is 4.99 Å². The minimum atomic E-state index is -0.946. The molecule has 0 atom stereocenters. The largest absolute Gasteiger partial charge is 0.433 e. The number of amidine groups is 1. The summed E-state index contributed by atoms with van der Waals surface area (Å²) < 4.78 is 5.95. The fraction of sp³-hybridized carbons (Fsp3) is 0.607. The molecule has 0 aromatic heterocycles. The minimum absolute atomic E-state index is 0.0108. The van der Waals surface area contributed by atoms with Gasteiger partial charge < -0.3 is 69.2 Å². The lowest BCUT2D eigenvalue weighted by atomic mass is 9.81. The molecule has 0 radical (unpaired) electrons. The predicted molar refractivity (Wildman–Crippen MR) is 204 cm³/mol. The van der Waals surface area contributed by atoms with Crippen molar-refractivity contribution in [1.29, 1.82) is 0 Å². The van der Waals surface area contributed by atoms with E-state index >= 15 is 0 Å². The maximum absolute atomic E-state index is 11.3. The number of nitrogens with one attached hydrogen (secondary N) is 2. The molecule has 1 aliphatic heterocycles. The molecule has 264 valence electrons. The van der Waals surface area contributed by atoms with Crippen molar-refractivity contribution < 1.29 is 34.4 Å². The van der Waals surface area contributed by atoms with Crippen molar-refractivity contribution in [3.05, 3.63) is 35.4 Å². The van der Waals surface area contributed by atoms with Crippen molar-refractivity contribution in [2.75, 3.05) is 39.3 Å². The summed E-state index contributed by atoms with van der Waals surface area (Å²) in [4.78, 5) is 40.2. The summed E-state index contributed by atoms with van der Waals surface area (Å²) in [6, 6.07) is 7.89. The molecule has 21 heteroatoms. The van der Waals surface area contributed by atoms with Crippen LogP contribution in [0.25, 0.3) is 0 Å². The van der Waals surface area contributed by atoms with Crippen LogP contribution in [0.3, 0.4) is 0 Å². The highest BCUT2D eigenvalue weighted by molar-refractivity contribution is 6.67. The van der Waals surface area contributed by atoms with Crippen LogP contribution in [-0.2, 0) is 20.9 Å². The number of unbranched alkanes of at least 4 members (excludes halogenated alkanes) is 4. The molecule has 0 spiro atoms. The fourth-order valence-corrected chi connectivity index (χ4v) is 5.34. The van der Waals surface area contributed by atoms with Gasteiger partial charge >= 0.3 is 43.0 Å². The molecule has 0 amide bonds. The second kappa shape index (κ2) is 24.0. The number of hydrogen-bond acceptors (Lipinski definition) is 11. The van der Waals surface area contributed by atoms with Crippen molar-refractivity contribution in [2.24, 2.45) is 14.8 Å². The summed E-state index contributed by atoms with van der Waals surface area (Å²) >= 11 is 0. The van der Waals surface area contributed by atoms with Crippen LogP contribution in [0.1, 0.15) is 49.7 Å². The normalized spacial score (nSPS) is 13.2. The highest BCUT2D eigenvalue weighted by Gasteiger charge is 2.29. The van der Waals surface area contributed by atoms with E-state index < -0.39 is 28.2 Å². The Kier molecular flexibility index (Phi) is 20.5. The maximum Gasteiger partial charge on any atom is 0.411 e. The predicted octanol–water partition coefficient (Wildman–Crippen LogP) is -1.37. The molecule has 1 heterocycles. The molecular formula is C28H52B6N8O7. The van der Waals surface area contributed by atoms with Gasteiger partial charge in [-0.05, 0) is 52.1 Å². The second-order valence-electron chi connectivity index (χ2n) is 12.0. The van der Waals surface area contributed by atoms with Crippen LogP contribution in [-0.4, -0.2) is 147 Å². The topological polar surface area (TPSA) is 195 Å². The third-order valence-electron chi connectivity index (χ3n) is 7.76. The lowest BCUT2D eigenvalue weighted by Gasteiger charge is -2.36. The molecule has 0 saturated heterocycles.